The molecule has 1 fully saturated rings. The maximum Gasteiger partial charge on any atom is 0.193 e. The molecular weight excluding hydrogens is 290 g/mol. The summed E-state index contributed by atoms with van der Waals surface area (Å²) in [7, 11) is 3.52. The van der Waals surface area contributed by atoms with E-state index in [0.717, 1.165) is 31.3 Å². The lowest BCUT2D eigenvalue weighted by Crippen LogP contribution is -2.40. The van der Waals surface area contributed by atoms with E-state index in [2.05, 4.69) is 41.2 Å². The van der Waals surface area contributed by atoms with Crippen LogP contribution in [0.15, 0.2) is 29.3 Å². The standard InChI is InChI=1S/C18H29N3O2/c1-18(2)8-9-21(14-18)17(19-3)20-13-15-6-5-7-16(12-15)23-11-10-22-4/h5-7,12H,8-11,13-14H2,1-4H3,(H,19,20). The quantitative estimate of drug-likeness (QED) is 0.497. The minimum atomic E-state index is 0.368. The summed E-state index contributed by atoms with van der Waals surface area (Å²) >= 11 is 0. The van der Waals surface area contributed by atoms with Gasteiger partial charge in [-0.25, -0.2) is 0 Å². The van der Waals surface area contributed by atoms with Gasteiger partial charge in [-0.3, -0.25) is 4.99 Å². The van der Waals surface area contributed by atoms with E-state index in [4.69, 9.17) is 9.47 Å². The minimum absolute atomic E-state index is 0.368. The minimum Gasteiger partial charge on any atom is -0.491 e. The van der Waals surface area contributed by atoms with Crippen molar-refractivity contribution in [1.82, 2.24) is 10.2 Å². The van der Waals surface area contributed by atoms with E-state index in [1.807, 2.05) is 19.2 Å². The topological polar surface area (TPSA) is 46.1 Å². The fourth-order valence-corrected chi connectivity index (χ4v) is 2.79. The van der Waals surface area contributed by atoms with E-state index in [1.165, 1.54) is 12.0 Å². The number of nitrogens with zero attached hydrogens (tertiary/aromatic N) is 2. The molecule has 0 saturated carbocycles. The van der Waals surface area contributed by atoms with Gasteiger partial charge in [0.1, 0.15) is 12.4 Å². The molecule has 0 aliphatic carbocycles. The van der Waals surface area contributed by atoms with Gasteiger partial charge in [-0.2, -0.15) is 0 Å². The molecule has 0 amide bonds. The highest BCUT2D eigenvalue weighted by Gasteiger charge is 2.30. The van der Waals surface area contributed by atoms with Crippen LogP contribution in [0.2, 0.25) is 0 Å². The second-order valence-electron chi connectivity index (χ2n) is 6.73. The largest absolute Gasteiger partial charge is 0.491 e. The SMILES string of the molecule is CN=C(NCc1cccc(OCCOC)c1)N1CCC(C)(C)C1. The highest BCUT2D eigenvalue weighted by Crippen LogP contribution is 2.28. The Hall–Kier alpha value is -1.75. The monoisotopic (exact) mass is 319 g/mol. The lowest BCUT2D eigenvalue weighted by Gasteiger charge is -2.23. The molecule has 0 aromatic heterocycles. The molecule has 1 aromatic carbocycles. The number of guanidine groups is 1. The molecule has 1 saturated heterocycles. The molecule has 0 bridgehead atoms. The van der Waals surface area contributed by atoms with Crippen LogP contribution >= 0.6 is 0 Å². The average molecular weight is 319 g/mol. The number of aliphatic imine (C=N–C) groups is 1. The first-order chi connectivity index (χ1) is 11.0. The third kappa shape index (κ3) is 5.43. The van der Waals surface area contributed by atoms with Gasteiger partial charge >= 0.3 is 0 Å². The van der Waals surface area contributed by atoms with Crippen LogP contribution in [-0.2, 0) is 11.3 Å². The van der Waals surface area contributed by atoms with Crippen molar-refractivity contribution in [2.45, 2.75) is 26.8 Å². The van der Waals surface area contributed by atoms with Crippen LogP contribution in [0.4, 0.5) is 0 Å². The molecule has 0 radical (unpaired) electrons. The van der Waals surface area contributed by atoms with Gasteiger partial charge in [-0.1, -0.05) is 26.0 Å². The second-order valence-corrected chi connectivity index (χ2v) is 6.73. The van der Waals surface area contributed by atoms with Gasteiger partial charge in [-0.05, 0) is 29.5 Å². The highest BCUT2D eigenvalue weighted by molar-refractivity contribution is 5.80. The average Bonchev–Trinajstić information content (AvgIpc) is 2.89. The Morgan fingerprint density at radius 1 is 1.35 bits per heavy atom. The molecule has 23 heavy (non-hydrogen) atoms. The molecule has 5 heteroatoms. The summed E-state index contributed by atoms with van der Waals surface area (Å²) in [4.78, 5) is 6.75. The highest BCUT2D eigenvalue weighted by atomic mass is 16.5. The molecule has 0 atom stereocenters. The molecule has 0 unspecified atom stereocenters. The van der Waals surface area contributed by atoms with E-state index in [1.54, 1.807) is 7.11 Å². The Morgan fingerprint density at radius 3 is 2.83 bits per heavy atom. The smallest absolute Gasteiger partial charge is 0.193 e. The normalized spacial score (nSPS) is 17.4. The number of methoxy groups -OCH3 is 1. The number of hydrogen-bond acceptors (Lipinski definition) is 3. The molecule has 1 aliphatic rings. The van der Waals surface area contributed by atoms with Gasteiger partial charge in [0.25, 0.3) is 0 Å². The maximum absolute atomic E-state index is 5.65. The lowest BCUT2D eigenvalue weighted by atomic mass is 9.93. The van der Waals surface area contributed by atoms with Gasteiger partial charge in [0.2, 0.25) is 0 Å². The number of benzene rings is 1. The summed E-state index contributed by atoms with van der Waals surface area (Å²) in [6.07, 6.45) is 1.20. The fourth-order valence-electron chi connectivity index (χ4n) is 2.79. The van der Waals surface area contributed by atoms with Crippen LogP contribution in [0.1, 0.15) is 25.8 Å². The number of ether oxygens (including phenoxy) is 2. The van der Waals surface area contributed by atoms with Gasteiger partial charge < -0.3 is 19.7 Å². The molecule has 0 spiro atoms. The molecule has 5 nitrogen and oxygen atoms in total. The van der Waals surface area contributed by atoms with Crippen molar-refractivity contribution in [2.24, 2.45) is 10.4 Å². The Balaban J connectivity index is 1.88. The van der Waals surface area contributed by atoms with Crippen molar-refractivity contribution in [2.75, 3.05) is 40.5 Å². The zero-order chi connectivity index (χ0) is 16.7. The van der Waals surface area contributed by atoms with Gasteiger partial charge in [0.05, 0.1) is 6.61 Å². The summed E-state index contributed by atoms with van der Waals surface area (Å²) in [5.41, 5.74) is 1.55. The van der Waals surface area contributed by atoms with E-state index in [0.29, 0.717) is 18.6 Å². The van der Waals surface area contributed by atoms with E-state index < -0.39 is 0 Å². The summed E-state index contributed by atoms with van der Waals surface area (Å²) in [5, 5.41) is 3.46. The van der Waals surface area contributed by atoms with Crippen molar-refractivity contribution in [3.63, 3.8) is 0 Å². The maximum atomic E-state index is 5.65. The van der Waals surface area contributed by atoms with Crippen LogP contribution in [0.25, 0.3) is 0 Å². The first-order valence-corrected chi connectivity index (χ1v) is 8.20. The van der Waals surface area contributed by atoms with Crippen LogP contribution in [0.3, 0.4) is 0 Å². The zero-order valence-corrected chi connectivity index (χ0v) is 14.8. The first kappa shape index (κ1) is 17.6. The molecule has 1 aliphatic heterocycles. The Morgan fingerprint density at radius 2 is 2.17 bits per heavy atom. The lowest BCUT2D eigenvalue weighted by molar-refractivity contribution is 0.146. The van der Waals surface area contributed by atoms with Crippen molar-refractivity contribution in [3.05, 3.63) is 29.8 Å². The number of hydrogen-bond donors (Lipinski definition) is 1. The van der Waals surface area contributed by atoms with Crippen LogP contribution < -0.4 is 10.1 Å². The van der Waals surface area contributed by atoms with E-state index in [-0.39, 0.29) is 0 Å². The fraction of sp³-hybridized carbons (Fsp3) is 0.611. The zero-order valence-electron chi connectivity index (χ0n) is 14.8. The molecule has 1 aromatic rings. The number of likely N-dealkylation sites (tertiary alicyclic amines) is 1. The van der Waals surface area contributed by atoms with Crippen molar-refractivity contribution in [1.29, 1.82) is 0 Å². The molecule has 2 rings (SSSR count). The van der Waals surface area contributed by atoms with Crippen LogP contribution in [0.5, 0.6) is 5.75 Å². The van der Waals surface area contributed by atoms with Crippen molar-refractivity contribution >= 4 is 5.96 Å². The first-order valence-electron chi connectivity index (χ1n) is 8.20. The Bertz CT molecular complexity index is 529. The second kappa shape index (κ2) is 8.20. The van der Waals surface area contributed by atoms with Crippen molar-refractivity contribution in [3.8, 4) is 5.75 Å². The molecule has 1 N–H and O–H groups in total. The van der Waals surface area contributed by atoms with E-state index in [9.17, 15) is 0 Å². The number of nitrogens with one attached hydrogen (secondary N) is 1. The third-order valence-corrected chi connectivity index (χ3v) is 4.09. The predicted molar refractivity (Wildman–Crippen MR) is 94.0 cm³/mol. The van der Waals surface area contributed by atoms with Gasteiger partial charge in [-0.15, -0.1) is 0 Å². The van der Waals surface area contributed by atoms with E-state index >= 15 is 0 Å². The van der Waals surface area contributed by atoms with Gasteiger partial charge in [0.15, 0.2) is 5.96 Å². The Kier molecular flexibility index (Phi) is 6.28. The summed E-state index contributed by atoms with van der Waals surface area (Å²) < 4.78 is 10.7. The number of rotatable bonds is 6. The Labute approximate surface area is 139 Å². The van der Waals surface area contributed by atoms with Crippen LogP contribution in [-0.4, -0.2) is 51.3 Å². The van der Waals surface area contributed by atoms with Crippen molar-refractivity contribution < 1.29 is 9.47 Å². The summed E-state index contributed by atoms with van der Waals surface area (Å²) in [5.74, 6) is 1.85. The van der Waals surface area contributed by atoms with Gasteiger partial charge in [0, 0.05) is 33.8 Å². The molecule has 1 heterocycles. The summed E-state index contributed by atoms with van der Waals surface area (Å²) in [6.45, 7) is 8.63. The van der Waals surface area contributed by atoms with Crippen LogP contribution in [0, 0.1) is 5.41 Å². The molecule has 128 valence electrons. The predicted octanol–water partition coefficient (Wildman–Crippen LogP) is 2.52. The molecular formula is C18H29N3O2. The third-order valence-electron chi connectivity index (χ3n) is 4.09. The summed E-state index contributed by atoms with van der Waals surface area (Å²) in [6, 6.07) is 8.14.